The molecule has 1 aromatic heterocycles. The lowest BCUT2D eigenvalue weighted by molar-refractivity contribution is -0.123. The summed E-state index contributed by atoms with van der Waals surface area (Å²) < 4.78 is 69.4. The van der Waals surface area contributed by atoms with E-state index in [1.165, 1.54) is 83.0 Å². The average molecular weight is 1680 g/mol. The molecule has 33 nitrogen and oxygen atoms in total. The van der Waals surface area contributed by atoms with Gasteiger partial charge in [0.15, 0.2) is 11.7 Å². The fraction of sp³-hybridized carbons (Fsp3) is 0.301. The Morgan fingerprint density at radius 1 is 0.681 bits per heavy atom. The molecule has 0 saturated carbocycles. The number of hydrogen-bond donors (Lipinski definition) is 12. The fourth-order valence-corrected chi connectivity index (χ4v) is 19.4. The summed E-state index contributed by atoms with van der Waals surface area (Å²) in [5, 5.41) is 45.7. The van der Waals surface area contributed by atoms with E-state index >= 15 is 0 Å². The number of rotatable bonds is 25. The maximum atomic E-state index is 14.8. The maximum Gasteiger partial charge on any atom is 0.490 e. The molecule has 614 valence electrons. The van der Waals surface area contributed by atoms with Gasteiger partial charge in [0.1, 0.15) is 59.8 Å². The van der Waals surface area contributed by atoms with Crippen LogP contribution in [-0.2, 0) is 73.3 Å². The third kappa shape index (κ3) is 18.2. The zero-order valence-corrected chi connectivity index (χ0v) is 66.2. The molecule has 0 spiro atoms. The fourth-order valence-electron chi connectivity index (χ4n) is 16.3. The SMILES string of the molecule is Nc1nc(=O)n([C@H]2CC[C@@H](OP(=O)(O)OP(=O)(O)OP(=O)(O)O)O2)cc1C#CCNC(=O)CCCCCNC(=O)C(Cc1ccc(C#CCNC(=O)c2ccc(-c3c4ccc(=O)cc-4oc4cc(O)ccc34)c(C(=O)O)c2)cc1)NC(=O)c1ccc(C2=c3cc4c5c(c3Oc3c2cc2c6c3CCCN6CCC2)CCC[N+]=5CCC4)c(C(=O)O)c1. The van der Waals surface area contributed by atoms with Crippen LogP contribution in [0.15, 0.2) is 129 Å². The lowest BCUT2D eigenvalue weighted by Crippen LogP contribution is -2.48. The zero-order chi connectivity index (χ0) is 83.8. The summed E-state index contributed by atoms with van der Waals surface area (Å²) in [5.41, 5.74) is 14.5. The second kappa shape index (κ2) is 34.2. The van der Waals surface area contributed by atoms with E-state index in [0.29, 0.717) is 52.5 Å². The highest BCUT2D eigenvalue weighted by atomic mass is 31.3. The van der Waals surface area contributed by atoms with Gasteiger partial charge in [-0.15, -0.1) is 0 Å². The van der Waals surface area contributed by atoms with E-state index in [1.54, 1.807) is 42.5 Å². The first-order valence-corrected chi connectivity index (χ1v) is 43.0. The summed E-state index contributed by atoms with van der Waals surface area (Å²) in [6.45, 7) is 3.55. The number of nitrogens with zero attached hydrogens (tertiary/aromatic N) is 4. The standard InChI is InChI=1S/C83H78N9O24P3/c84-77-52(45-92(83(103)89-77)69-29-30-70(112-69)114-118(107,108)116-119(109,110)115-117(104,105)106)11-5-32-85-68(95)16-2-1-3-31-87-80(98)65(38-47-19-17-46(18-20-47)10-4-33-86-78(96)50-21-25-55(61(41-50)81(99)100)71-57-27-23-53(93)43-66(57)111-67-44-54(94)24-28-58(67)71)88-79(97)51-22-26-56(62(42-51)82(101)102)72-63-39-48-12-6-34-90-36-8-14-59(73(48)90)75(63)113-76-60-15-9-37-91-35-7-13-49(74(60)91)40-64(72)76/h17-28,39-45,65,69-70H,1-3,6-9,12-16,29-38H2,(H12-,84,85,86,87,88,89,93,94,95,96,97,98,99,100,101,102,103,104,105,106,107,108,109,110)/p+1/t65?,69-,70-/m1/s1. The van der Waals surface area contributed by atoms with Gasteiger partial charge in [-0.1, -0.05) is 54.4 Å². The number of phenols is 1. The number of anilines is 2. The lowest BCUT2D eigenvalue weighted by Gasteiger charge is -2.39. The van der Waals surface area contributed by atoms with Gasteiger partial charge in [0.2, 0.25) is 17.2 Å². The summed E-state index contributed by atoms with van der Waals surface area (Å²) in [4.78, 5) is 151. The highest BCUT2D eigenvalue weighted by Gasteiger charge is 2.44. The first-order valence-electron chi connectivity index (χ1n) is 38.4. The van der Waals surface area contributed by atoms with E-state index in [-0.39, 0.29) is 113 Å². The summed E-state index contributed by atoms with van der Waals surface area (Å²) in [6, 6.07) is 27.2. The largest absolute Gasteiger partial charge is 0.508 e. The van der Waals surface area contributed by atoms with E-state index in [1.807, 2.05) is 0 Å². The number of carboxylic acid groups (broad SMARTS) is 2. The Labute approximate surface area is 677 Å². The quantitative estimate of drug-likeness (QED) is 0.00885. The first kappa shape index (κ1) is 82.2. The molecule has 8 aliphatic rings. The Kier molecular flexibility index (Phi) is 23.6. The molecule has 0 bridgehead atoms. The van der Waals surface area contributed by atoms with Crippen LogP contribution in [0.3, 0.4) is 0 Å². The van der Waals surface area contributed by atoms with Crippen molar-refractivity contribution in [3.63, 3.8) is 0 Å². The second-order valence-electron chi connectivity index (χ2n) is 29.4. The topological polar surface area (TPSA) is 487 Å². The molecular weight excluding hydrogens is 1600 g/mol. The number of carbonyl (C=O) groups is 6. The van der Waals surface area contributed by atoms with E-state index in [9.17, 15) is 77.2 Å². The number of benzene rings is 7. The third-order valence-corrected chi connectivity index (χ3v) is 25.2. The van der Waals surface area contributed by atoms with Gasteiger partial charge in [0.25, 0.3) is 11.8 Å². The second-order valence-corrected chi connectivity index (χ2v) is 33.8. The summed E-state index contributed by atoms with van der Waals surface area (Å²) in [7, 11) is -17.0. The molecular formula is C83H79N9O24P3+. The molecule has 7 aromatic rings. The number of phosphoric ester groups is 1. The summed E-state index contributed by atoms with van der Waals surface area (Å²) in [5.74, 6) is 7.69. The van der Waals surface area contributed by atoms with Crippen LogP contribution in [0.2, 0.25) is 0 Å². The van der Waals surface area contributed by atoms with Crippen molar-refractivity contribution in [2.75, 3.05) is 56.4 Å². The molecule has 15 rings (SSSR count). The van der Waals surface area contributed by atoms with E-state index < -0.39 is 77.4 Å². The Balaban J connectivity index is 0.623. The van der Waals surface area contributed by atoms with Crippen LogP contribution in [-0.4, -0.2) is 138 Å². The molecule has 6 aromatic carbocycles. The van der Waals surface area contributed by atoms with Gasteiger partial charge in [0.05, 0.1) is 35.3 Å². The number of unbranched alkanes of at least 4 members (excludes halogenated alkanes) is 2. The molecule has 36 heteroatoms. The number of aromatic carboxylic acids is 2. The number of fused-ring (bicyclic) bond motifs is 6. The van der Waals surface area contributed by atoms with Gasteiger partial charge in [-0.3, -0.25) is 33.1 Å². The van der Waals surface area contributed by atoms with Crippen molar-refractivity contribution >= 4 is 87.1 Å². The van der Waals surface area contributed by atoms with E-state index in [2.05, 4.69) is 80.2 Å². The van der Waals surface area contributed by atoms with Gasteiger partial charge in [0, 0.05) is 136 Å². The number of phosphoric acid groups is 3. The first-order chi connectivity index (χ1) is 57.0. The molecule has 1 saturated heterocycles. The van der Waals surface area contributed by atoms with Crippen molar-refractivity contribution in [2.45, 2.75) is 115 Å². The van der Waals surface area contributed by atoms with Crippen molar-refractivity contribution in [3.8, 4) is 63.4 Å². The van der Waals surface area contributed by atoms with Crippen molar-refractivity contribution in [1.29, 1.82) is 0 Å². The minimum Gasteiger partial charge on any atom is -0.508 e. The number of ether oxygens (including phenoxy) is 2. The minimum atomic E-state index is -5.82. The minimum absolute atomic E-state index is 0.0113. The van der Waals surface area contributed by atoms with Crippen molar-refractivity contribution in [2.24, 2.45) is 0 Å². The number of aromatic hydroxyl groups is 1. The van der Waals surface area contributed by atoms with Crippen molar-refractivity contribution < 1.29 is 104 Å². The highest BCUT2D eigenvalue weighted by Crippen LogP contribution is 2.67. The Bertz CT molecular complexity index is 6250. The number of aromatic nitrogens is 2. The molecule has 1 aliphatic carbocycles. The third-order valence-electron chi connectivity index (χ3n) is 21.4. The maximum absolute atomic E-state index is 14.8. The predicted molar refractivity (Wildman–Crippen MR) is 430 cm³/mol. The van der Waals surface area contributed by atoms with Gasteiger partial charge >= 0.3 is 41.1 Å². The number of amides is 4. The molecule has 3 unspecified atom stereocenters. The summed E-state index contributed by atoms with van der Waals surface area (Å²) >= 11 is 0. The number of phenolic OH excluding ortho intramolecular Hbond substituents is 1. The predicted octanol–water partition coefficient (Wildman–Crippen LogP) is 7.19. The molecule has 7 aliphatic heterocycles. The van der Waals surface area contributed by atoms with E-state index in [0.717, 1.165) is 121 Å². The van der Waals surface area contributed by atoms with Gasteiger partial charge < -0.3 is 80.7 Å². The molecule has 13 N–H and O–H groups in total. The normalized spacial score (nSPS) is 16.9. The van der Waals surface area contributed by atoms with Crippen LogP contribution in [0.25, 0.3) is 39.0 Å². The smallest absolute Gasteiger partial charge is 0.490 e. The number of nitrogens with two attached hydrogens (primary N) is 1. The number of aryl methyl sites for hydroxylation is 2. The van der Waals surface area contributed by atoms with Crippen LogP contribution in [0.5, 0.6) is 17.2 Å². The van der Waals surface area contributed by atoms with Crippen LogP contribution in [0.1, 0.15) is 162 Å². The van der Waals surface area contributed by atoms with Gasteiger partial charge in [-0.25, -0.2) is 32.7 Å². The lowest BCUT2D eigenvalue weighted by atomic mass is 9.81. The number of carbonyl (C=O) groups excluding carboxylic acids is 4. The molecule has 1 fully saturated rings. The molecule has 5 atom stereocenters. The van der Waals surface area contributed by atoms with Crippen LogP contribution in [0.4, 0.5) is 11.5 Å². The van der Waals surface area contributed by atoms with Crippen LogP contribution >= 0.6 is 23.5 Å². The van der Waals surface area contributed by atoms with Crippen molar-refractivity contribution in [1.82, 2.24) is 35.4 Å². The number of nitrogens with one attached hydrogen (secondary N) is 4. The van der Waals surface area contributed by atoms with Gasteiger partial charge in [-0.05, 0) is 153 Å². The molecule has 8 heterocycles. The number of hydrogen-bond acceptors (Lipinski definition) is 21. The Morgan fingerprint density at radius 3 is 2.14 bits per heavy atom. The molecule has 0 radical (unpaired) electrons. The Morgan fingerprint density at radius 2 is 1.38 bits per heavy atom. The monoisotopic (exact) mass is 1680 g/mol. The van der Waals surface area contributed by atoms with Crippen LogP contribution in [0, 0.1) is 23.7 Å². The van der Waals surface area contributed by atoms with Crippen molar-refractivity contribution in [3.05, 3.63) is 219 Å². The highest BCUT2D eigenvalue weighted by molar-refractivity contribution is 7.66. The molecule has 4 amide bonds. The summed E-state index contributed by atoms with van der Waals surface area (Å²) in [6.07, 6.45) is 6.46. The average Bonchev–Trinajstić information content (AvgIpc) is 0.953. The zero-order valence-electron chi connectivity index (χ0n) is 63.5. The van der Waals surface area contributed by atoms with Crippen LogP contribution < -0.4 is 62.9 Å². The van der Waals surface area contributed by atoms with Gasteiger partial charge in [-0.2, -0.15) is 13.6 Å². The Hall–Kier alpha value is -11.9. The number of carboxylic acids is 2. The van der Waals surface area contributed by atoms with E-state index in [4.69, 9.17) is 33.9 Å². The number of nitrogen functional groups attached to an aromatic ring is 1. The molecule has 119 heavy (non-hydrogen) atoms.